The predicted molar refractivity (Wildman–Crippen MR) is 90.9 cm³/mol. The number of hydrogen-bond acceptors (Lipinski definition) is 3. The third-order valence-electron chi connectivity index (χ3n) is 3.63. The molecule has 0 atom stereocenters. The van der Waals surface area contributed by atoms with Crippen molar-refractivity contribution in [3.8, 4) is 5.69 Å². The van der Waals surface area contributed by atoms with E-state index in [-0.39, 0.29) is 11.6 Å². The SMILES string of the molecule is CNC(=O)C(=NOC)c1ccc2ccn(-c3ccccc3)c2c1. The molecule has 23 heavy (non-hydrogen) atoms. The van der Waals surface area contributed by atoms with Gasteiger partial charge in [0.15, 0.2) is 5.71 Å². The monoisotopic (exact) mass is 307 g/mol. The quantitative estimate of drug-likeness (QED) is 0.595. The molecule has 0 unspecified atom stereocenters. The van der Waals surface area contributed by atoms with Gasteiger partial charge in [-0.3, -0.25) is 4.79 Å². The molecule has 5 heteroatoms. The standard InChI is InChI=1S/C18H17N3O2/c1-19-18(22)17(20-23-2)14-9-8-13-10-11-21(16(13)12-14)15-6-4-3-5-7-15/h3-12H,1-2H3,(H,19,22). The van der Waals surface area contributed by atoms with Crippen LogP contribution < -0.4 is 5.32 Å². The first-order valence-electron chi connectivity index (χ1n) is 7.24. The van der Waals surface area contributed by atoms with Crippen molar-refractivity contribution in [2.45, 2.75) is 0 Å². The Morgan fingerprint density at radius 2 is 1.91 bits per heavy atom. The minimum atomic E-state index is -0.288. The van der Waals surface area contributed by atoms with E-state index in [2.05, 4.69) is 15.0 Å². The van der Waals surface area contributed by atoms with Gasteiger partial charge in [-0.25, -0.2) is 0 Å². The highest BCUT2D eigenvalue weighted by Gasteiger charge is 2.15. The van der Waals surface area contributed by atoms with E-state index in [1.54, 1.807) is 7.05 Å². The number of carbonyl (C=O) groups excluding carboxylic acids is 1. The first kappa shape index (κ1) is 14.8. The van der Waals surface area contributed by atoms with E-state index in [1.807, 2.05) is 60.8 Å². The summed E-state index contributed by atoms with van der Waals surface area (Å²) >= 11 is 0. The Hall–Kier alpha value is -3.08. The van der Waals surface area contributed by atoms with E-state index in [1.165, 1.54) is 7.11 Å². The van der Waals surface area contributed by atoms with Gasteiger partial charge in [0.05, 0.1) is 5.52 Å². The molecule has 5 nitrogen and oxygen atoms in total. The average molecular weight is 307 g/mol. The molecule has 0 aliphatic rings. The minimum absolute atomic E-state index is 0.248. The van der Waals surface area contributed by atoms with Crippen LogP contribution >= 0.6 is 0 Å². The number of benzene rings is 2. The second kappa shape index (κ2) is 6.36. The number of nitrogens with zero attached hydrogens (tertiary/aromatic N) is 2. The maximum atomic E-state index is 12.0. The van der Waals surface area contributed by atoms with Gasteiger partial charge in [0.25, 0.3) is 5.91 Å². The molecule has 1 heterocycles. The lowest BCUT2D eigenvalue weighted by Crippen LogP contribution is -2.28. The van der Waals surface area contributed by atoms with Crippen molar-refractivity contribution in [3.63, 3.8) is 0 Å². The number of aromatic nitrogens is 1. The van der Waals surface area contributed by atoms with Gasteiger partial charge in [0.2, 0.25) is 0 Å². The summed E-state index contributed by atoms with van der Waals surface area (Å²) in [6.07, 6.45) is 2.01. The molecule has 1 aromatic heterocycles. The van der Waals surface area contributed by atoms with Gasteiger partial charge in [-0.05, 0) is 29.7 Å². The molecule has 0 radical (unpaired) electrons. The first-order valence-corrected chi connectivity index (χ1v) is 7.24. The minimum Gasteiger partial charge on any atom is -0.398 e. The number of carbonyl (C=O) groups is 1. The number of fused-ring (bicyclic) bond motifs is 1. The van der Waals surface area contributed by atoms with Gasteiger partial charge >= 0.3 is 0 Å². The van der Waals surface area contributed by atoms with Crippen LogP contribution in [0.1, 0.15) is 5.56 Å². The fraction of sp³-hybridized carbons (Fsp3) is 0.111. The molecular weight excluding hydrogens is 290 g/mol. The maximum absolute atomic E-state index is 12.0. The summed E-state index contributed by atoms with van der Waals surface area (Å²) in [6, 6.07) is 17.9. The second-order valence-corrected chi connectivity index (χ2v) is 5.00. The van der Waals surface area contributed by atoms with E-state index in [9.17, 15) is 4.79 Å². The Bertz CT molecular complexity index is 866. The lowest BCUT2D eigenvalue weighted by atomic mass is 10.1. The van der Waals surface area contributed by atoms with Crippen molar-refractivity contribution in [1.29, 1.82) is 0 Å². The average Bonchev–Trinajstić information content (AvgIpc) is 3.03. The van der Waals surface area contributed by atoms with Crippen LogP contribution in [0.2, 0.25) is 0 Å². The van der Waals surface area contributed by atoms with Gasteiger partial charge in [0, 0.05) is 24.5 Å². The van der Waals surface area contributed by atoms with Crippen LogP contribution in [0.15, 0.2) is 65.9 Å². The van der Waals surface area contributed by atoms with E-state index < -0.39 is 0 Å². The third-order valence-corrected chi connectivity index (χ3v) is 3.63. The largest absolute Gasteiger partial charge is 0.398 e. The molecule has 0 aliphatic heterocycles. The Labute approximate surface area is 134 Å². The Morgan fingerprint density at radius 1 is 1.13 bits per heavy atom. The lowest BCUT2D eigenvalue weighted by molar-refractivity contribution is -0.114. The van der Waals surface area contributed by atoms with E-state index in [0.29, 0.717) is 5.56 Å². The molecule has 0 spiro atoms. The fourth-order valence-electron chi connectivity index (χ4n) is 2.52. The molecule has 0 saturated heterocycles. The van der Waals surface area contributed by atoms with Crippen molar-refractivity contribution in [2.24, 2.45) is 5.16 Å². The fourth-order valence-corrected chi connectivity index (χ4v) is 2.52. The van der Waals surface area contributed by atoms with Gasteiger partial charge in [-0.15, -0.1) is 0 Å². The molecule has 1 N–H and O–H groups in total. The Kier molecular flexibility index (Phi) is 4.10. The molecule has 3 aromatic rings. The number of oxime groups is 1. The highest BCUT2D eigenvalue weighted by molar-refractivity contribution is 6.45. The van der Waals surface area contributed by atoms with Crippen molar-refractivity contribution in [1.82, 2.24) is 9.88 Å². The summed E-state index contributed by atoms with van der Waals surface area (Å²) in [5.41, 5.74) is 3.01. The number of para-hydroxylation sites is 1. The van der Waals surface area contributed by atoms with Gasteiger partial charge in [-0.1, -0.05) is 35.5 Å². The van der Waals surface area contributed by atoms with E-state index >= 15 is 0 Å². The van der Waals surface area contributed by atoms with Gasteiger partial charge < -0.3 is 14.7 Å². The number of nitrogens with one attached hydrogen (secondary N) is 1. The highest BCUT2D eigenvalue weighted by Crippen LogP contribution is 2.22. The molecule has 0 bridgehead atoms. The molecule has 3 rings (SSSR count). The summed E-state index contributed by atoms with van der Waals surface area (Å²) in [5.74, 6) is -0.288. The van der Waals surface area contributed by atoms with Crippen molar-refractivity contribution in [3.05, 3.63) is 66.4 Å². The number of hydrogen-bond donors (Lipinski definition) is 1. The summed E-state index contributed by atoms with van der Waals surface area (Å²) in [7, 11) is 2.99. The third kappa shape index (κ3) is 2.81. The number of amides is 1. The normalized spacial score (nSPS) is 11.5. The zero-order valence-electron chi connectivity index (χ0n) is 13.0. The van der Waals surface area contributed by atoms with Crippen LogP contribution in [-0.2, 0) is 9.63 Å². The summed E-state index contributed by atoms with van der Waals surface area (Å²) in [4.78, 5) is 16.8. The molecular formula is C18H17N3O2. The second-order valence-electron chi connectivity index (χ2n) is 5.00. The van der Waals surface area contributed by atoms with Gasteiger partial charge in [-0.2, -0.15) is 0 Å². The van der Waals surface area contributed by atoms with Crippen LogP contribution in [0.4, 0.5) is 0 Å². The molecule has 0 aliphatic carbocycles. The lowest BCUT2D eigenvalue weighted by Gasteiger charge is -2.08. The van der Waals surface area contributed by atoms with Crippen LogP contribution in [0.3, 0.4) is 0 Å². The predicted octanol–water partition coefficient (Wildman–Crippen LogP) is 2.73. The van der Waals surface area contributed by atoms with E-state index in [4.69, 9.17) is 4.84 Å². The van der Waals surface area contributed by atoms with Crippen LogP contribution in [0.5, 0.6) is 0 Å². The van der Waals surface area contributed by atoms with Crippen LogP contribution in [0, 0.1) is 0 Å². The van der Waals surface area contributed by atoms with Crippen molar-refractivity contribution < 1.29 is 9.63 Å². The summed E-state index contributed by atoms with van der Waals surface area (Å²) in [5, 5.41) is 7.52. The molecule has 116 valence electrons. The number of rotatable bonds is 4. The topological polar surface area (TPSA) is 55.6 Å². The zero-order chi connectivity index (χ0) is 16.2. The van der Waals surface area contributed by atoms with Crippen molar-refractivity contribution in [2.75, 3.05) is 14.2 Å². The van der Waals surface area contributed by atoms with Crippen LogP contribution in [-0.4, -0.2) is 30.3 Å². The highest BCUT2D eigenvalue weighted by atomic mass is 16.6. The zero-order valence-corrected chi connectivity index (χ0v) is 13.0. The molecule has 1 amide bonds. The Balaban J connectivity index is 2.14. The first-order chi connectivity index (χ1) is 11.2. The Morgan fingerprint density at radius 3 is 2.61 bits per heavy atom. The molecule has 2 aromatic carbocycles. The smallest absolute Gasteiger partial charge is 0.273 e. The van der Waals surface area contributed by atoms with E-state index in [0.717, 1.165) is 16.6 Å². The number of likely N-dealkylation sites (N-methyl/N-ethyl adjacent to an activating group) is 1. The van der Waals surface area contributed by atoms with Gasteiger partial charge in [0.1, 0.15) is 7.11 Å². The molecule has 0 fully saturated rings. The maximum Gasteiger partial charge on any atom is 0.273 e. The van der Waals surface area contributed by atoms with Crippen molar-refractivity contribution >= 4 is 22.5 Å². The summed E-state index contributed by atoms with van der Waals surface area (Å²) in [6.45, 7) is 0. The van der Waals surface area contributed by atoms with Crippen LogP contribution in [0.25, 0.3) is 16.6 Å². The molecule has 0 saturated carbocycles. The summed E-state index contributed by atoms with van der Waals surface area (Å²) < 4.78 is 2.08.